The van der Waals surface area contributed by atoms with Crippen molar-refractivity contribution < 1.29 is 9.34 Å². The highest BCUT2D eigenvalue weighted by Gasteiger charge is 2.17. The summed E-state index contributed by atoms with van der Waals surface area (Å²) >= 11 is 1.32. The second-order valence-corrected chi connectivity index (χ2v) is 5.56. The topological polar surface area (TPSA) is 113 Å². The molecule has 3 rings (SSSR count). The van der Waals surface area contributed by atoms with Crippen LogP contribution < -0.4 is 0 Å². The van der Waals surface area contributed by atoms with Crippen LogP contribution in [0, 0.1) is 17.0 Å². The third-order valence-electron chi connectivity index (χ3n) is 3.05. The molecular formula is C13H12N6O3S. The van der Waals surface area contributed by atoms with E-state index in [0.29, 0.717) is 34.9 Å². The third kappa shape index (κ3) is 3.37. The largest absolute Gasteiger partial charge is 0.410 e. The van der Waals surface area contributed by atoms with Crippen molar-refractivity contribution in [3.63, 3.8) is 0 Å². The van der Waals surface area contributed by atoms with Crippen molar-refractivity contribution in [3.8, 4) is 11.6 Å². The lowest BCUT2D eigenvalue weighted by Gasteiger charge is -2.01. The van der Waals surface area contributed by atoms with E-state index in [4.69, 9.17) is 4.42 Å². The van der Waals surface area contributed by atoms with Crippen LogP contribution in [0.25, 0.3) is 11.6 Å². The predicted molar refractivity (Wildman–Crippen MR) is 81.9 cm³/mol. The Kier molecular flexibility index (Phi) is 4.33. The van der Waals surface area contributed by atoms with Gasteiger partial charge in [0.15, 0.2) is 5.82 Å². The smallest absolute Gasteiger partial charge is 0.342 e. The van der Waals surface area contributed by atoms with Gasteiger partial charge < -0.3 is 14.5 Å². The molecule has 0 unspecified atom stereocenters. The highest BCUT2D eigenvalue weighted by atomic mass is 32.2. The maximum atomic E-state index is 10.9. The molecule has 0 aliphatic rings. The average Bonchev–Trinajstić information content (AvgIpc) is 3.16. The van der Waals surface area contributed by atoms with E-state index in [9.17, 15) is 10.1 Å². The Morgan fingerprint density at radius 3 is 2.96 bits per heavy atom. The van der Waals surface area contributed by atoms with Gasteiger partial charge in [-0.3, -0.25) is 4.98 Å². The standard InChI is InChI=1S/C13H12N6O3S/c1-9-15-8-11(19(20)21)18(9)6-7-23-13-17-16-12(22-13)10-4-2-3-5-14-10/h2-5,8H,6-7H2,1H3. The summed E-state index contributed by atoms with van der Waals surface area (Å²) in [6, 6.07) is 5.41. The Labute approximate surface area is 134 Å². The Morgan fingerprint density at radius 1 is 1.35 bits per heavy atom. The molecule has 0 N–H and O–H groups in total. The first-order chi connectivity index (χ1) is 11.1. The van der Waals surface area contributed by atoms with Gasteiger partial charge in [0.05, 0.1) is 0 Å². The van der Waals surface area contributed by atoms with Gasteiger partial charge in [-0.25, -0.2) is 9.55 Å². The van der Waals surface area contributed by atoms with E-state index < -0.39 is 4.92 Å². The first kappa shape index (κ1) is 15.2. The molecule has 0 saturated carbocycles. The number of thioether (sulfide) groups is 1. The minimum absolute atomic E-state index is 0.0252. The van der Waals surface area contributed by atoms with Crippen LogP contribution in [0.15, 0.2) is 40.2 Å². The lowest BCUT2D eigenvalue weighted by atomic mass is 10.3. The normalized spacial score (nSPS) is 10.8. The van der Waals surface area contributed by atoms with Crippen LogP contribution in [0.1, 0.15) is 5.82 Å². The molecule has 23 heavy (non-hydrogen) atoms. The molecule has 0 spiro atoms. The van der Waals surface area contributed by atoms with Crippen molar-refractivity contribution in [1.82, 2.24) is 24.7 Å². The monoisotopic (exact) mass is 332 g/mol. The zero-order valence-electron chi connectivity index (χ0n) is 12.1. The van der Waals surface area contributed by atoms with E-state index in [1.807, 2.05) is 6.07 Å². The molecule has 0 aliphatic heterocycles. The van der Waals surface area contributed by atoms with Crippen LogP contribution in [0.4, 0.5) is 5.82 Å². The van der Waals surface area contributed by atoms with E-state index >= 15 is 0 Å². The number of imidazole rings is 1. The SMILES string of the molecule is Cc1ncc([N+](=O)[O-])n1CCSc1nnc(-c2ccccn2)o1. The number of hydrogen-bond acceptors (Lipinski definition) is 8. The van der Waals surface area contributed by atoms with Crippen LogP contribution in [-0.4, -0.2) is 35.4 Å². The van der Waals surface area contributed by atoms with Gasteiger partial charge in [0.2, 0.25) is 0 Å². The van der Waals surface area contributed by atoms with Crippen molar-refractivity contribution in [2.24, 2.45) is 0 Å². The van der Waals surface area contributed by atoms with Crippen LogP contribution in [0.3, 0.4) is 0 Å². The van der Waals surface area contributed by atoms with Crippen LogP contribution >= 0.6 is 11.8 Å². The number of aryl methyl sites for hydroxylation is 1. The zero-order valence-corrected chi connectivity index (χ0v) is 12.9. The van der Waals surface area contributed by atoms with Crippen molar-refractivity contribution in [3.05, 3.63) is 46.5 Å². The number of nitrogens with zero attached hydrogens (tertiary/aromatic N) is 6. The first-order valence-electron chi connectivity index (χ1n) is 6.69. The van der Waals surface area contributed by atoms with E-state index in [1.54, 1.807) is 29.8 Å². The lowest BCUT2D eigenvalue weighted by Crippen LogP contribution is -2.06. The lowest BCUT2D eigenvalue weighted by molar-refractivity contribution is -0.392. The minimum Gasteiger partial charge on any atom is -0.410 e. The van der Waals surface area contributed by atoms with Gasteiger partial charge in [-0.05, 0) is 17.1 Å². The highest BCUT2D eigenvalue weighted by Crippen LogP contribution is 2.22. The molecule has 10 heteroatoms. The summed E-state index contributed by atoms with van der Waals surface area (Å²) < 4.78 is 7.06. The minimum atomic E-state index is -0.448. The van der Waals surface area contributed by atoms with Gasteiger partial charge in [-0.1, -0.05) is 17.8 Å². The van der Waals surface area contributed by atoms with Crippen LogP contribution in [0.5, 0.6) is 0 Å². The molecule has 0 bridgehead atoms. The summed E-state index contributed by atoms with van der Waals surface area (Å²) in [6.07, 6.45) is 2.90. The summed E-state index contributed by atoms with van der Waals surface area (Å²) in [5.74, 6) is 1.46. The van der Waals surface area contributed by atoms with Gasteiger partial charge in [-0.2, -0.15) is 0 Å². The summed E-state index contributed by atoms with van der Waals surface area (Å²) in [5, 5.41) is 19.2. The fourth-order valence-electron chi connectivity index (χ4n) is 1.96. The molecule has 0 aliphatic carbocycles. The Balaban J connectivity index is 1.63. The first-order valence-corrected chi connectivity index (χ1v) is 7.68. The second kappa shape index (κ2) is 6.57. The molecule has 0 saturated heterocycles. The Bertz CT molecular complexity index is 816. The molecule has 118 valence electrons. The second-order valence-electron chi connectivity index (χ2n) is 4.51. The van der Waals surface area contributed by atoms with E-state index in [-0.39, 0.29) is 5.82 Å². The summed E-state index contributed by atoms with van der Waals surface area (Å²) in [7, 11) is 0. The maximum Gasteiger partial charge on any atom is 0.342 e. The number of aromatic nitrogens is 5. The van der Waals surface area contributed by atoms with Crippen molar-refractivity contribution in [2.45, 2.75) is 18.7 Å². The number of nitro groups is 1. The van der Waals surface area contributed by atoms with Gasteiger partial charge in [0.1, 0.15) is 18.4 Å². The molecular weight excluding hydrogens is 320 g/mol. The average molecular weight is 332 g/mol. The molecule has 3 aromatic heterocycles. The highest BCUT2D eigenvalue weighted by molar-refractivity contribution is 7.99. The third-order valence-corrected chi connectivity index (χ3v) is 3.85. The molecule has 0 atom stereocenters. The molecule has 9 nitrogen and oxygen atoms in total. The number of hydrogen-bond donors (Lipinski definition) is 0. The fraction of sp³-hybridized carbons (Fsp3) is 0.231. The van der Waals surface area contributed by atoms with Gasteiger partial charge in [0.25, 0.3) is 11.1 Å². The van der Waals surface area contributed by atoms with Crippen LogP contribution in [-0.2, 0) is 6.54 Å². The quantitative estimate of drug-likeness (QED) is 0.384. The summed E-state index contributed by atoms with van der Waals surface area (Å²) in [4.78, 5) is 18.6. The van der Waals surface area contributed by atoms with Gasteiger partial charge >= 0.3 is 5.82 Å². The molecule has 3 heterocycles. The van der Waals surface area contributed by atoms with E-state index in [1.165, 1.54) is 18.0 Å². The van der Waals surface area contributed by atoms with Crippen molar-refractivity contribution >= 4 is 17.6 Å². The maximum absolute atomic E-state index is 10.9. The fourth-order valence-corrected chi connectivity index (χ4v) is 2.65. The number of pyridine rings is 1. The number of rotatable bonds is 6. The summed E-state index contributed by atoms with van der Waals surface area (Å²) in [6.45, 7) is 2.15. The van der Waals surface area contributed by atoms with Gasteiger partial charge in [0, 0.05) is 18.9 Å². The molecule has 0 aromatic carbocycles. The van der Waals surface area contributed by atoms with E-state index in [2.05, 4.69) is 20.2 Å². The van der Waals surface area contributed by atoms with Gasteiger partial charge in [-0.15, -0.1) is 10.2 Å². The molecule has 0 fully saturated rings. The predicted octanol–water partition coefficient (Wildman–Crippen LogP) is 2.34. The van der Waals surface area contributed by atoms with Crippen molar-refractivity contribution in [1.29, 1.82) is 0 Å². The Hall–Kier alpha value is -2.75. The molecule has 3 aromatic rings. The summed E-state index contributed by atoms with van der Waals surface area (Å²) in [5.41, 5.74) is 0.605. The molecule has 0 radical (unpaired) electrons. The van der Waals surface area contributed by atoms with Crippen molar-refractivity contribution in [2.75, 3.05) is 5.75 Å². The van der Waals surface area contributed by atoms with Crippen LogP contribution in [0.2, 0.25) is 0 Å². The Morgan fingerprint density at radius 2 is 2.22 bits per heavy atom. The van der Waals surface area contributed by atoms with E-state index in [0.717, 1.165) is 0 Å². The zero-order chi connectivity index (χ0) is 16.2. The molecule has 0 amide bonds.